The lowest BCUT2D eigenvalue weighted by atomic mass is 10.3. The van der Waals surface area contributed by atoms with Gasteiger partial charge in [0.15, 0.2) is 0 Å². The van der Waals surface area contributed by atoms with Crippen LogP contribution in [-0.2, 0) is 0 Å². The predicted molar refractivity (Wildman–Crippen MR) is 76.3 cm³/mol. The highest BCUT2D eigenvalue weighted by Crippen LogP contribution is 2.36. The number of hydrogen-bond donors (Lipinski definition) is 2. The van der Waals surface area contributed by atoms with Gasteiger partial charge in [0.05, 0.1) is 0 Å². The van der Waals surface area contributed by atoms with E-state index >= 15 is 0 Å². The number of nitrogens with one attached hydrogen (secondary N) is 2. The van der Waals surface area contributed by atoms with Crippen molar-refractivity contribution in [1.29, 1.82) is 0 Å². The Morgan fingerprint density at radius 3 is 1.84 bits per heavy atom. The Bertz CT molecular complexity index is 790. The number of nitrogens with zero attached hydrogens (tertiary/aromatic N) is 2. The van der Waals surface area contributed by atoms with Gasteiger partial charge in [-0.25, -0.2) is 9.97 Å². The van der Waals surface area contributed by atoms with Crippen LogP contribution in [-0.4, -0.2) is 19.9 Å². The summed E-state index contributed by atoms with van der Waals surface area (Å²) in [5, 5.41) is 2.29. The first-order valence-electron chi connectivity index (χ1n) is 5.94. The van der Waals surface area contributed by atoms with Crippen molar-refractivity contribution in [3.05, 3.63) is 49.1 Å². The van der Waals surface area contributed by atoms with Crippen molar-refractivity contribution >= 4 is 33.8 Å². The van der Waals surface area contributed by atoms with Crippen LogP contribution in [0.25, 0.3) is 22.1 Å². The van der Waals surface area contributed by atoms with Crippen molar-refractivity contribution in [2.75, 3.05) is 0 Å². The van der Waals surface area contributed by atoms with Crippen molar-refractivity contribution in [2.24, 2.45) is 0 Å². The van der Waals surface area contributed by atoms with Crippen LogP contribution < -0.4 is 0 Å². The highest BCUT2D eigenvalue weighted by atomic mass is 32.2. The predicted octanol–water partition coefficient (Wildman–Crippen LogP) is 3.59. The van der Waals surface area contributed by atoms with E-state index in [1.54, 1.807) is 24.2 Å². The Kier molecular flexibility index (Phi) is 2.31. The summed E-state index contributed by atoms with van der Waals surface area (Å²) >= 11 is 1.72. The highest BCUT2D eigenvalue weighted by Gasteiger charge is 2.09. The standard InChI is InChI=1S/C14H10N4S/c1-3-9-11(7-17-13(9)15-5-1)19-12-8-18-14-10(12)4-2-6-16-14/h1-8H,(H,15,17)(H,16,18). The van der Waals surface area contributed by atoms with Crippen molar-refractivity contribution in [3.63, 3.8) is 0 Å². The normalized spacial score (nSPS) is 11.4. The molecule has 0 radical (unpaired) electrons. The molecule has 4 rings (SSSR count). The fraction of sp³-hybridized carbons (Fsp3) is 0. The van der Waals surface area contributed by atoms with Crippen molar-refractivity contribution in [3.8, 4) is 0 Å². The summed E-state index contributed by atoms with van der Waals surface area (Å²) in [7, 11) is 0. The Morgan fingerprint density at radius 1 is 0.789 bits per heavy atom. The molecule has 0 unspecified atom stereocenters. The number of rotatable bonds is 2. The van der Waals surface area contributed by atoms with Gasteiger partial charge in [-0.1, -0.05) is 11.8 Å². The summed E-state index contributed by atoms with van der Waals surface area (Å²) in [6, 6.07) is 8.07. The van der Waals surface area contributed by atoms with E-state index in [0.717, 1.165) is 22.1 Å². The number of hydrogen-bond acceptors (Lipinski definition) is 3. The van der Waals surface area contributed by atoms with Crippen LogP contribution in [0.5, 0.6) is 0 Å². The molecule has 0 aliphatic carbocycles. The minimum atomic E-state index is 0.919. The minimum absolute atomic E-state index is 0.919. The Labute approximate surface area is 113 Å². The zero-order valence-corrected chi connectivity index (χ0v) is 10.7. The molecule has 0 aromatic carbocycles. The van der Waals surface area contributed by atoms with E-state index in [0.29, 0.717) is 0 Å². The number of aromatic nitrogens is 4. The molecule has 0 bridgehead atoms. The molecule has 19 heavy (non-hydrogen) atoms. The lowest BCUT2D eigenvalue weighted by molar-refractivity contribution is 1.31. The first kappa shape index (κ1) is 10.6. The van der Waals surface area contributed by atoms with Gasteiger partial charge >= 0.3 is 0 Å². The maximum atomic E-state index is 4.30. The smallest absolute Gasteiger partial charge is 0.138 e. The van der Waals surface area contributed by atoms with Gasteiger partial charge in [0.1, 0.15) is 11.3 Å². The molecule has 0 aliphatic heterocycles. The third-order valence-electron chi connectivity index (χ3n) is 3.05. The fourth-order valence-electron chi connectivity index (χ4n) is 2.15. The second kappa shape index (κ2) is 4.13. The molecule has 0 aliphatic rings. The molecular weight excluding hydrogens is 256 g/mol. The number of fused-ring (bicyclic) bond motifs is 2. The van der Waals surface area contributed by atoms with E-state index in [9.17, 15) is 0 Å². The maximum Gasteiger partial charge on any atom is 0.138 e. The van der Waals surface area contributed by atoms with Crippen LogP contribution in [0, 0.1) is 0 Å². The fourth-order valence-corrected chi connectivity index (χ4v) is 3.17. The van der Waals surface area contributed by atoms with E-state index in [2.05, 4.69) is 32.1 Å². The Hall–Kier alpha value is -2.27. The summed E-state index contributed by atoms with van der Waals surface area (Å²) in [6.07, 6.45) is 7.58. The molecule has 92 valence electrons. The zero-order valence-electron chi connectivity index (χ0n) is 9.92. The average molecular weight is 266 g/mol. The average Bonchev–Trinajstić information content (AvgIpc) is 3.05. The van der Waals surface area contributed by atoms with E-state index in [1.807, 2.05) is 24.5 Å². The van der Waals surface area contributed by atoms with Gasteiger partial charge in [-0.2, -0.15) is 0 Å². The van der Waals surface area contributed by atoms with Gasteiger partial charge in [-0.05, 0) is 24.3 Å². The van der Waals surface area contributed by atoms with Crippen LogP contribution in [0.1, 0.15) is 0 Å². The zero-order chi connectivity index (χ0) is 12.7. The molecule has 0 amide bonds. The van der Waals surface area contributed by atoms with Gasteiger partial charge in [-0.3, -0.25) is 0 Å². The van der Waals surface area contributed by atoms with Gasteiger partial charge in [0.2, 0.25) is 0 Å². The summed E-state index contributed by atoms with van der Waals surface area (Å²) < 4.78 is 0. The summed E-state index contributed by atoms with van der Waals surface area (Å²) in [4.78, 5) is 17.3. The molecular formula is C14H10N4S. The lowest BCUT2D eigenvalue weighted by Gasteiger charge is -1.97. The molecule has 2 N–H and O–H groups in total. The molecule has 4 aromatic heterocycles. The van der Waals surface area contributed by atoms with Crippen LogP contribution in [0.2, 0.25) is 0 Å². The van der Waals surface area contributed by atoms with Gasteiger partial charge < -0.3 is 9.97 Å². The quantitative estimate of drug-likeness (QED) is 0.583. The molecule has 4 aromatic rings. The third-order valence-corrected chi connectivity index (χ3v) is 4.16. The number of aromatic amines is 2. The minimum Gasteiger partial charge on any atom is -0.345 e. The summed E-state index contributed by atoms with van der Waals surface area (Å²) in [6.45, 7) is 0. The number of pyridine rings is 2. The van der Waals surface area contributed by atoms with Gasteiger partial charge in [0, 0.05) is 45.4 Å². The van der Waals surface area contributed by atoms with Gasteiger partial charge in [0.25, 0.3) is 0 Å². The molecule has 0 atom stereocenters. The van der Waals surface area contributed by atoms with E-state index < -0.39 is 0 Å². The first-order valence-corrected chi connectivity index (χ1v) is 6.75. The number of H-pyrrole nitrogens is 2. The first-order chi connectivity index (χ1) is 9.42. The lowest BCUT2D eigenvalue weighted by Crippen LogP contribution is -1.74. The SMILES string of the molecule is c1cnc2[nH]cc(Sc3c[nH]c4ncccc34)c2c1. The molecule has 0 fully saturated rings. The molecule has 4 nitrogen and oxygen atoms in total. The largest absolute Gasteiger partial charge is 0.345 e. The molecule has 0 saturated carbocycles. The molecule has 4 heterocycles. The second-order valence-electron chi connectivity index (χ2n) is 4.21. The maximum absolute atomic E-state index is 4.30. The molecule has 0 saturated heterocycles. The Balaban J connectivity index is 1.82. The second-order valence-corrected chi connectivity index (χ2v) is 5.29. The highest BCUT2D eigenvalue weighted by molar-refractivity contribution is 7.99. The summed E-state index contributed by atoms with van der Waals surface area (Å²) in [5.41, 5.74) is 1.84. The van der Waals surface area contributed by atoms with Crippen LogP contribution in [0.3, 0.4) is 0 Å². The summed E-state index contributed by atoms with van der Waals surface area (Å²) in [5.74, 6) is 0. The molecule has 5 heteroatoms. The van der Waals surface area contributed by atoms with E-state index in [4.69, 9.17) is 0 Å². The Morgan fingerprint density at radius 2 is 1.32 bits per heavy atom. The third kappa shape index (κ3) is 1.70. The topological polar surface area (TPSA) is 57.4 Å². The van der Waals surface area contributed by atoms with Crippen molar-refractivity contribution in [1.82, 2.24) is 19.9 Å². The van der Waals surface area contributed by atoms with Crippen LogP contribution >= 0.6 is 11.8 Å². The monoisotopic (exact) mass is 266 g/mol. The molecule has 0 spiro atoms. The van der Waals surface area contributed by atoms with E-state index in [1.165, 1.54) is 9.79 Å². The van der Waals surface area contributed by atoms with E-state index in [-0.39, 0.29) is 0 Å². The van der Waals surface area contributed by atoms with Gasteiger partial charge in [-0.15, -0.1) is 0 Å². The van der Waals surface area contributed by atoms with Crippen LogP contribution in [0.15, 0.2) is 58.8 Å². The van der Waals surface area contributed by atoms with Crippen LogP contribution in [0.4, 0.5) is 0 Å². The van der Waals surface area contributed by atoms with Crippen molar-refractivity contribution < 1.29 is 0 Å². The van der Waals surface area contributed by atoms with Crippen molar-refractivity contribution in [2.45, 2.75) is 9.79 Å².